The first-order chi connectivity index (χ1) is 8.68. The Kier molecular flexibility index (Phi) is 5.04. The Bertz CT molecular complexity index is 264. The van der Waals surface area contributed by atoms with E-state index in [9.17, 15) is 4.79 Å². The maximum absolute atomic E-state index is 12.4. The van der Waals surface area contributed by atoms with Gasteiger partial charge in [0.05, 0.1) is 0 Å². The number of nitrogens with zero attached hydrogens (tertiary/aromatic N) is 1. The van der Waals surface area contributed by atoms with Crippen LogP contribution < -0.4 is 5.32 Å². The van der Waals surface area contributed by atoms with Crippen LogP contribution in [0.25, 0.3) is 0 Å². The molecule has 2 rings (SSSR count). The van der Waals surface area contributed by atoms with Gasteiger partial charge in [0.25, 0.3) is 0 Å². The summed E-state index contributed by atoms with van der Waals surface area (Å²) in [5.41, 5.74) is 0. The van der Waals surface area contributed by atoms with Gasteiger partial charge in [-0.15, -0.1) is 0 Å². The lowest BCUT2D eigenvalue weighted by molar-refractivity contribution is -0.137. The molecule has 0 radical (unpaired) electrons. The summed E-state index contributed by atoms with van der Waals surface area (Å²) in [5.74, 6) is 1.11. The van der Waals surface area contributed by atoms with Crippen molar-refractivity contribution in [3.63, 3.8) is 0 Å². The predicted octanol–water partition coefficient (Wildman–Crippen LogP) is 2.56. The summed E-state index contributed by atoms with van der Waals surface area (Å²) >= 11 is 0. The number of carbonyl (C=O) groups is 1. The molecule has 2 aliphatic heterocycles. The average molecular weight is 252 g/mol. The van der Waals surface area contributed by atoms with Crippen LogP contribution in [0.2, 0.25) is 0 Å². The van der Waals surface area contributed by atoms with Gasteiger partial charge in [-0.05, 0) is 71.4 Å². The molecular formula is C15H28N2O. The summed E-state index contributed by atoms with van der Waals surface area (Å²) < 4.78 is 0. The summed E-state index contributed by atoms with van der Waals surface area (Å²) in [7, 11) is 0. The molecule has 1 amide bonds. The van der Waals surface area contributed by atoms with Crippen molar-refractivity contribution in [3.8, 4) is 0 Å². The van der Waals surface area contributed by atoms with Gasteiger partial charge in [-0.3, -0.25) is 4.79 Å². The molecule has 3 nitrogen and oxygen atoms in total. The van der Waals surface area contributed by atoms with Crippen molar-refractivity contribution in [2.45, 2.75) is 70.9 Å². The van der Waals surface area contributed by atoms with E-state index in [0.29, 0.717) is 18.0 Å². The van der Waals surface area contributed by atoms with Crippen LogP contribution in [0.3, 0.4) is 0 Å². The zero-order valence-corrected chi connectivity index (χ0v) is 12.0. The lowest BCUT2D eigenvalue weighted by atomic mass is 9.93. The van der Waals surface area contributed by atoms with Gasteiger partial charge in [0, 0.05) is 18.5 Å². The van der Waals surface area contributed by atoms with Gasteiger partial charge in [-0.2, -0.15) is 0 Å². The molecule has 2 heterocycles. The van der Waals surface area contributed by atoms with E-state index in [1.54, 1.807) is 0 Å². The molecule has 1 unspecified atom stereocenters. The van der Waals surface area contributed by atoms with Gasteiger partial charge in [-0.1, -0.05) is 0 Å². The fourth-order valence-corrected chi connectivity index (χ4v) is 3.54. The third-order valence-electron chi connectivity index (χ3n) is 4.65. The van der Waals surface area contributed by atoms with Crippen molar-refractivity contribution in [1.29, 1.82) is 0 Å². The molecular weight excluding hydrogens is 224 g/mol. The molecule has 0 aliphatic carbocycles. The second-order valence-electron chi connectivity index (χ2n) is 6.18. The second-order valence-corrected chi connectivity index (χ2v) is 6.18. The molecule has 3 atom stereocenters. The lowest BCUT2D eigenvalue weighted by Crippen LogP contribution is -2.47. The molecule has 2 fully saturated rings. The van der Waals surface area contributed by atoms with Crippen molar-refractivity contribution in [2.24, 2.45) is 5.92 Å². The topological polar surface area (TPSA) is 32.3 Å². The van der Waals surface area contributed by atoms with E-state index in [2.05, 4.69) is 24.1 Å². The van der Waals surface area contributed by atoms with Gasteiger partial charge in [0.15, 0.2) is 0 Å². The summed E-state index contributed by atoms with van der Waals surface area (Å²) in [6.07, 6.45) is 8.03. The van der Waals surface area contributed by atoms with E-state index in [0.717, 1.165) is 31.8 Å². The maximum Gasteiger partial charge on any atom is 0.223 e. The van der Waals surface area contributed by atoms with E-state index in [-0.39, 0.29) is 0 Å². The third kappa shape index (κ3) is 3.47. The first kappa shape index (κ1) is 13.9. The Labute approximate surface area is 111 Å². The Morgan fingerprint density at radius 1 is 1.17 bits per heavy atom. The predicted molar refractivity (Wildman–Crippen MR) is 74.4 cm³/mol. The zero-order chi connectivity index (χ0) is 13.0. The Morgan fingerprint density at radius 3 is 2.50 bits per heavy atom. The van der Waals surface area contributed by atoms with Gasteiger partial charge in [0.1, 0.15) is 0 Å². The van der Waals surface area contributed by atoms with Crippen LogP contribution in [0.4, 0.5) is 0 Å². The number of rotatable bonds is 3. The summed E-state index contributed by atoms with van der Waals surface area (Å²) in [5, 5.41) is 3.43. The fourth-order valence-electron chi connectivity index (χ4n) is 3.54. The van der Waals surface area contributed by atoms with Crippen LogP contribution >= 0.6 is 0 Å². The number of carbonyl (C=O) groups excluding carboxylic acids is 1. The fraction of sp³-hybridized carbons (Fsp3) is 0.933. The van der Waals surface area contributed by atoms with Crippen LogP contribution in [-0.4, -0.2) is 36.0 Å². The zero-order valence-electron chi connectivity index (χ0n) is 12.0. The van der Waals surface area contributed by atoms with E-state index < -0.39 is 0 Å². The summed E-state index contributed by atoms with van der Waals surface area (Å²) in [6, 6.07) is 0.900. The highest BCUT2D eigenvalue weighted by Crippen LogP contribution is 2.24. The van der Waals surface area contributed by atoms with Crippen molar-refractivity contribution >= 4 is 5.91 Å². The van der Waals surface area contributed by atoms with Crippen LogP contribution in [0.15, 0.2) is 0 Å². The molecule has 0 saturated carbocycles. The van der Waals surface area contributed by atoms with Crippen LogP contribution in [0.1, 0.15) is 58.8 Å². The van der Waals surface area contributed by atoms with Crippen molar-refractivity contribution in [1.82, 2.24) is 10.2 Å². The molecule has 0 bridgehead atoms. The third-order valence-corrected chi connectivity index (χ3v) is 4.65. The molecule has 0 aromatic carbocycles. The highest BCUT2D eigenvalue weighted by molar-refractivity contribution is 5.77. The van der Waals surface area contributed by atoms with Crippen molar-refractivity contribution in [2.75, 3.05) is 13.1 Å². The first-order valence-electron chi connectivity index (χ1n) is 7.70. The van der Waals surface area contributed by atoms with Gasteiger partial charge < -0.3 is 10.2 Å². The summed E-state index contributed by atoms with van der Waals surface area (Å²) in [6.45, 7) is 6.68. The monoisotopic (exact) mass is 252 g/mol. The average Bonchev–Trinajstić information content (AvgIpc) is 2.37. The molecule has 1 N–H and O–H groups in total. The number of piperidine rings is 2. The minimum atomic E-state index is 0.389. The van der Waals surface area contributed by atoms with Crippen molar-refractivity contribution < 1.29 is 4.79 Å². The van der Waals surface area contributed by atoms with E-state index in [1.807, 2.05) is 0 Å². The van der Waals surface area contributed by atoms with E-state index in [1.165, 1.54) is 32.1 Å². The maximum atomic E-state index is 12.4. The van der Waals surface area contributed by atoms with Crippen LogP contribution in [0.5, 0.6) is 0 Å². The molecule has 2 saturated heterocycles. The number of likely N-dealkylation sites (tertiary alicyclic amines) is 1. The van der Waals surface area contributed by atoms with Gasteiger partial charge >= 0.3 is 0 Å². The minimum absolute atomic E-state index is 0.389. The standard InChI is InChI=1S/C15H28N2O/c1-12-5-3-6-13(2)17(12)15(18)9-8-14-7-4-10-16-11-14/h12-14,16H,3-11H2,1-2H3/t12-,13+,14?. The first-order valence-corrected chi connectivity index (χ1v) is 7.70. The van der Waals surface area contributed by atoms with E-state index >= 15 is 0 Å². The molecule has 104 valence electrons. The highest BCUT2D eigenvalue weighted by Gasteiger charge is 2.28. The Hall–Kier alpha value is -0.570. The Balaban J connectivity index is 1.79. The Morgan fingerprint density at radius 2 is 1.89 bits per heavy atom. The second kappa shape index (κ2) is 6.55. The minimum Gasteiger partial charge on any atom is -0.337 e. The molecule has 0 spiro atoms. The van der Waals surface area contributed by atoms with Crippen LogP contribution in [0, 0.1) is 5.92 Å². The lowest BCUT2D eigenvalue weighted by Gasteiger charge is -2.39. The smallest absolute Gasteiger partial charge is 0.223 e. The van der Waals surface area contributed by atoms with Crippen molar-refractivity contribution in [3.05, 3.63) is 0 Å². The van der Waals surface area contributed by atoms with Crippen LogP contribution in [-0.2, 0) is 4.79 Å². The largest absolute Gasteiger partial charge is 0.337 e. The van der Waals surface area contributed by atoms with E-state index in [4.69, 9.17) is 0 Å². The number of amides is 1. The van der Waals surface area contributed by atoms with Gasteiger partial charge in [-0.25, -0.2) is 0 Å². The quantitative estimate of drug-likeness (QED) is 0.837. The molecule has 3 heteroatoms. The number of hydrogen-bond donors (Lipinski definition) is 1. The molecule has 2 aliphatic rings. The summed E-state index contributed by atoms with van der Waals surface area (Å²) in [4.78, 5) is 14.5. The molecule has 0 aromatic rings. The molecule has 18 heavy (non-hydrogen) atoms. The number of hydrogen-bond acceptors (Lipinski definition) is 2. The highest BCUT2D eigenvalue weighted by atomic mass is 16.2. The molecule has 0 aromatic heterocycles. The number of nitrogens with one attached hydrogen (secondary N) is 1. The SMILES string of the molecule is C[C@@H]1CCC[C@H](C)N1C(=O)CCC1CCCNC1. The van der Waals surface area contributed by atoms with Gasteiger partial charge in [0.2, 0.25) is 5.91 Å². The normalized spacial score (nSPS) is 33.4.